The summed E-state index contributed by atoms with van der Waals surface area (Å²) in [5.41, 5.74) is 5.18. The summed E-state index contributed by atoms with van der Waals surface area (Å²) >= 11 is 1.16. The Labute approximate surface area is 203 Å². The minimum Gasteiger partial charge on any atom is -0.330 e. The van der Waals surface area contributed by atoms with Gasteiger partial charge in [0.05, 0.1) is 5.56 Å². The van der Waals surface area contributed by atoms with Gasteiger partial charge < -0.3 is 16.4 Å². The molecule has 0 amide bonds. The van der Waals surface area contributed by atoms with E-state index >= 15 is 0 Å². The van der Waals surface area contributed by atoms with E-state index in [2.05, 4.69) is 20.3 Å². The second-order valence-electron chi connectivity index (χ2n) is 7.86. The van der Waals surface area contributed by atoms with Crippen LogP contribution in [0.5, 0.6) is 0 Å². The Morgan fingerprint density at radius 1 is 0.882 bits per heavy atom. The molecule has 0 saturated heterocycles. The van der Waals surface area contributed by atoms with Gasteiger partial charge in [-0.25, -0.2) is 13.1 Å². The van der Waals surface area contributed by atoms with Crippen LogP contribution in [-0.2, 0) is 29.0 Å². The van der Waals surface area contributed by atoms with Crippen LogP contribution in [0.3, 0.4) is 0 Å². The number of hydrogen-bond acceptors (Lipinski definition) is 7. The van der Waals surface area contributed by atoms with Gasteiger partial charge in [0, 0.05) is 23.3 Å². The Hall–Kier alpha value is -1.57. The number of thiophene rings is 1. The average Bonchev–Trinajstić information content (AvgIpc) is 3.28. The van der Waals surface area contributed by atoms with Crippen LogP contribution in [0.25, 0.3) is 0 Å². The highest BCUT2D eigenvalue weighted by Gasteiger charge is 2.30. The Bertz CT molecular complexity index is 935. The molecule has 7 nitrogen and oxygen atoms in total. The van der Waals surface area contributed by atoms with E-state index in [1.807, 2.05) is 0 Å². The van der Waals surface area contributed by atoms with Crippen LogP contribution in [0.2, 0.25) is 0 Å². The number of sulfonamides is 1. The fraction of sp³-hybridized carbons (Fsp3) is 0.591. The van der Waals surface area contributed by atoms with E-state index in [0.29, 0.717) is 38.0 Å². The first-order chi connectivity index (χ1) is 16.2. The molecule has 0 saturated carbocycles. The maximum Gasteiger partial charge on any atom is 0.417 e. The number of nitrogens with one attached hydrogen (secondary N) is 3. The van der Waals surface area contributed by atoms with Crippen LogP contribution in [0.15, 0.2) is 34.7 Å². The monoisotopic (exact) mass is 521 g/mol. The molecule has 0 bridgehead atoms. The van der Waals surface area contributed by atoms with E-state index in [9.17, 15) is 21.6 Å². The molecule has 12 heteroatoms. The van der Waals surface area contributed by atoms with Gasteiger partial charge in [-0.2, -0.15) is 13.2 Å². The van der Waals surface area contributed by atoms with Crippen molar-refractivity contribution in [2.75, 3.05) is 39.3 Å². The largest absolute Gasteiger partial charge is 0.417 e. The fourth-order valence-electron chi connectivity index (χ4n) is 3.10. The Kier molecular flexibility index (Phi) is 12.4. The Balaban J connectivity index is 1.62. The second kappa shape index (κ2) is 14.7. The molecule has 0 atom stereocenters. The molecule has 0 aliphatic heterocycles. The highest BCUT2D eigenvalue weighted by atomic mass is 32.2. The van der Waals surface area contributed by atoms with Gasteiger partial charge in [0.1, 0.15) is 4.21 Å². The van der Waals surface area contributed by atoms with Crippen molar-refractivity contribution in [3.63, 3.8) is 0 Å². The van der Waals surface area contributed by atoms with Crippen molar-refractivity contribution in [3.8, 4) is 0 Å². The average molecular weight is 522 g/mol. The number of aryl methyl sites for hydroxylation is 2. The second-order valence-corrected chi connectivity index (χ2v) is 11.0. The molecule has 0 unspecified atom stereocenters. The van der Waals surface area contributed by atoms with Gasteiger partial charge in [0.25, 0.3) is 0 Å². The van der Waals surface area contributed by atoms with Crippen molar-refractivity contribution in [3.05, 3.63) is 46.6 Å². The first-order valence-electron chi connectivity index (χ1n) is 11.4. The summed E-state index contributed by atoms with van der Waals surface area (Å²) in [6, 6.07) is 5.65. The molecular weight excluding hydrogens is 487 g/mol. The molecular formula is C22H34F3N5O2S2. The molecule has 34 heavy (non-hydrogen) atoms. The normalized spacial score (nSPS) is 12.4. The number of halogens is 3. The lowest BCUT2D eigenvalue weighted by Gasteiger charge is -2.07. The first kappa shape index (κ1) is 28.7. The summed E-state index contributed by atoms with van der Waals surface area (Å²) in [5, 5.41) is 6.64. The summed E-state index contributed by atoms with van der Waals surface area (Å²) < 4.78 is 65.6. The summed E-state index contributed by atoms with van der Waals surface area (Å²) in [7, 11) is -3.57. The van der Waals surface area contributed by atoms with Crippen LogP contribution in [-0.4, -0.2) is 52.7 Å². The standard InChI is InChI=1S/C22H34F3N5O2S2/c23-22(24,25)18-5-6-19(29-17-18)7-8-20-9-10-21(33-20)34(31,32)30-16-4-15-28-13-2-1-12-27-14-3-11-26/h5-6,9-10,17,27-28,30H,1-4,7-8,11-16,26H2. The molecule has 0 aliphatic rings. The van der Waals surface area contributed by atoms with E-state index in [-0.39, 0.29) is 4.21 Å². The zero-order valence-electron chi connectivity index (χ0n) is 19.2. The zero-order chi connectivity index (χ0) is 24.9. The Morgan fingerprint density at radius 3 is 2.18 bits per heavy atom. The van der Waals surface area contributed by atoms with Gasteiger partial charge in [-0.15, -0.1) is 11.3 Å². The van der Waals surface area contributed by atoms with E-state index in [1.165, 1.54) is 6.07 Å². The van der Waals surface area contributed by atoms with Crippen LogP contribution in [0.4, 0.5) is 13.2 Å². The molecule has 2 rings (SSSR count). The first-order valence-corrected chi connectivity index (χ1v) is 13.7. The smallest absolute Gasteiger partial charge is 0.330 e. The van der Waals surface area contributed by atoms with Crippen LogP contribution in [0.1, 0.15) is 41.8 Å². The van der Waals surface area contributed by atoms with Gasteiger partial charge in [-0.3, -0.25) is 4.98 Å². The number of pyridine rings is 1. The maximum absolute atomic E-state index is 12.6. The maximum atomic E-state index is 12.6. The predicted molar refractivity (Wildman–Crippen MR) is 129 cm³/mol. The van der Waals surface area contributed by atoms with Crippen molar-refractivity contribution < 1.29 is 21.6 Å². The summed E-state index contributed by atoms with van der Waals surface area (Å²) in [6.45, 7) is 4.61. The van der Waals surface area contributed by atoms with Gasteiger partial charge in [0.2, 0.25) is 10.0 Å². The van der Waals surface area contributed by atoms with E-state index in [0.717, 1.165) is 73.9 Å². The third kappa shape index (κ3) is 10.8. The summed E-state index contributed by atoms with van der Waals surface area (Å²) in [5.74, 6) is 0. The van der Waals surface area contributed by atoms with E-state index in [4.69, 9.17) is 5.73 Å². The SMILES string of the molecule is NCCCNCCCCNCCCNS(=O)(=O)c1ccc(CCc2ccc(C(F)(F)F)cn2)s1. The highest BCUT2D eigenvalue weighted by Crippen LogP contribution is 2.28. The van der Waals surface area contributed by atoms with Crippen LogP contribution >= 0.6 is 11.3 Å². The molecule has 2 heterocycles. The molecule has 192 valence electrons. The molecule has 0 aliphatic carbocycles. The van der Waals surface area contributed by atoms with Crippen molar-refractivity contribution >= 4 is 21.4 Å². The molecule has 0 aromatic carbocycles. The van der Waals surface area contributed by atoms with Gasteiger partial charge in [0.15, 0.2) is 0 Å². The third-order valence-corrected chi connectivity index (χ3v) is 8.12. The lowest BCUT2D eigenvalue weighted by molar-refractivity contribution is -0.137. The van der Waals surface area contributed by atoms with Gasteiger partial charge in [-0.05, 0) is 95.5 Å². The van der Waals surface area contributed by atoms with Crippen molar-refractivity contribution in [1.82, 2.24) is 20.3 Å². The topological polar surface area (TPSA) is 109 Å². The lowest BCUT2D eigenvalue weighted by atomic mass is 10.1. The molecule has 5 N–H and O–H groups in total. The van der Waals surface area contributed by atoms with Crippen molar-refractivity contribution in [2.24, 2.45) is 5.73 Å². The molecule has 0 radical (unpaired) electrons. The van der Waals surface area contributed by atoms with Crippen LogP contribution in [0, 0.1) is 0 Å². The molecule has 2 aromatic rings. The number of rotatable bonds is 17. The van der Waals surface area contributed by atoms with Gasteiger partial charge in [-0.1, -0.05) is 0 Å². The van der Waals surface area contributed by atoms with Crippen LogP contribution < -0.4 is 21.1 Å². The number of unbranched alkanes of at least 4 members (excludes halogenated alkanes) is 1. The summed E-state index contributed by atoms with van der Waals surface area (Å²) in [6.07, 6.45) is 1.16. The Morgan fingerprint density at radius 2 is 1.56 bits per heavy atom. The van der Waals surface area contributed by atoms with Gasteiger partial charge >= 0.3 is 6.18 Å². The number of hydrogen-bond donors (Lipinski definition) is 4. The molecule has 0 spiro atoms. The third-order valence-electron chi connectivity index (χ3n) is 5.02. The van der Waals surface area contributed by atoms with E-state index < -0.39 is 21.8 Å². The lowest BCUT2D eigenvalue weighted by Crippen LogP contribution is -2.27. The molecule has 2 aromatic heterocycles. The van der Waals surface area contributed by atoms with Crippen molar-refractivity contribution in [2.45, 2.75) is 48.9 Å². The predicted octanol–water partition coefficient (Wildman–Crippen LogP) is 2.92. The quantitative estimate of drug-likeness (QED) is 0.238. The fourth-order valence-corrected chi connectivity index (χ4v) is 5.57. The molecule has 0 fully saturated rings. The zero-order valence-corrected chi connectivity index (χ0v) is 20.8. The van der Waals surface area contributed by atoms with E-state index in [1.54, 1.807) is 12.1 Å². The number of nitrogens with two attached hydrogens (primary N) is 1. The number of alkyl halides is 3. The summed E-state index contributed by atoms with van der Waals surface area (Å²) in [4.78, 5) is 4.69. The minimum absolute atomic E-state index is 0.234. The number of nitrogens with zero attached hydrogens (tertiary/aromatic N) is 1. The highest BCUT2D eigenvalue weighted by molar-refractivity contribution is 7.91. The number of aromatic nitrogens is 1. The minimum atomic E-state index is -4.41. The van der Waals surface area contributed by atoms with Crippen molar-refractivity contribution in [1.29, 1.82) is 0 Å².